The van der Waals surface area contributed by atoms with E-state index in [-0.39, 0.29) is 19.1 Å². The molecule has 3 unspecified atom stereocenters. The van der Waals surface area contributed by atoms with Crippen molar-refractivity contribution in [1.82, 2.24) is 5.32 Å². The van der Waals surface area contributed by atoms with Gasteiger partial charge < -0.3 is 28.8 Å². The molecule has 0 spiro atoms. The minimum atomic E-state index is -4.57. The highest BCUT2D eigenvalue weighted by Gasteiger charge is 2.24. The molecule has 452 valence electrons. The van der Waals surface area contributed by atoms with Gasteiger partial charge in [-0.1, -0.05) is 321 Å². The molecule has 0 radical (unpaired) electrons. The number of hydrogen-bond donors (Lipinski definition) is 2. The zero-order valence-corrected chi connectivity index (χ0v) is 52.6. The van der Waals surface area contributed by atoms with Crippen molar-refractivity contribution in [3.63, 3.8) is 0 Å². The Kier molecular flexibility index (Phi) is 57.8. The second-order valence-corrected chi connectivity index (χ2v) is 25.9. The fourth-order valence-electron chi connectivity index (χ4n) is 10.4. The van der Waals surface area contributed by atoms with Crippen LogP contribution < -0.4 is 10.2 Å². The van der Waals surface area contributed by atoms with Crippen molar-refractivity contribution in [3.8, 4) is 0 Å². The van der Waals surface area contributed by atoms with E-state index in [1.165, 1.54) is 276 Å². The van der Waals surface area contributed by atoms with Crippen LogP contribution in [0.1, 0.15) is 348 Å². The lowest BCUT2D eigenvalue weighted by Crippen LogP contribution is -2.46. The minimum absolute atomic E-state index is 0.0153. The number of aliphatic hydroxyl groups excluding tert-OH is 1. The summed E-state index contributed by atoms with van der Waals surface area (Å²) in [5.41, 5.74) is 0. The maximum atomic E-state index is 13.0. The number of carbonyl (C=O) groups excluding carboxylic acids is 1. The number of allylic oxidation sites excluding steroid dienone is 4. The van der Waals surface area contributed by atoms with Gasteiger partial charge in [-0.2, -0.15) is 0 Å². The van der Waals surface area contributed by atoms with Crippen LogP contribution in [-0.4, -0.2) is 68.5 Å². The first-order valence-corrected chi connectivity index (χ1v) is 35.1. The van der Waals surface area contributed by atoms with Crippen molar-refractivity contribution in [2.75, 3.05) is 40.9 Å². The number of nitrogens with one attached hydrogen (secondary N) is 1. The fourth-order valence-corrected chi connectivity index (χ4v) is 11.2. The third-order valence-corrected chi connectivity index (χ3v) is 16.7. The smallest absolute Gasteiger partial charge is 0.268 e. The third-order valence-electron chi connectivity index (χ3n) is 15.7. The van der Waals surface area contributed by atoms with Crippen molar-refractivity contribution in [3.05, 3.63) is 24.3 Å². The highest BCUT2D eigenvalue weighted by molar-refractivity contribution is 7.45. The summed E-state index contributed by atoms with van der Waals surface area (Å²) >= 11 is 0. The van der Waals surface area contributed by atoms with Gasteiger partial charge in [0.15, 0.2) is 0 Å². The van der Waals surface area contributed by atoms with Crippen LogP contribution in [0, 0.1) is 0 Å². The lowest BCUT2D eigenvalue weighted by molar-refractivity contribution is -0.870. The first kappa shape index (κ1) is 75.0. The van der Waals surface area contributed by atoms with Gasteiger partial charge in [0.25, 0.3) is 7.82 Å². The molecule has 0 aromatic heterocycles. The van der Waals surface area contributed by atoms with Gasteiger partial charge in [-0.05, 0) is 44.9 Å². The number of unbranched alkanes of at least 4 members (excludes halogenated alkanes) is 46. The number of phosphoric ester groups is 1. The highest BCUT2D eigenvalue weighted by Crippen LogP contribution is 2.38. The Morgan fingerprint density at radius 1 is 0.461 bits per heavy atom. The molecule has 0 saturated heterocycles. The van der Waals surface area contributed by atoms with Gasteiger partial charge in [0.1, 0.15) is 13.2 Å². The van der Waals surface area contributed by atoms with Crippen LogP contribution in [0.4, 0.5) is 0 Å². The first-order valence-electron chi connectivity index (χ1n) is 33.7. The number of hydrogen-bond acceptors (Lipinski definition) is 6. The molecule has 0 aliphatic heterocycles. The van der Waals surface area contributed by atoms with Gasteiger partial charge in [-0.15, -0.1) is 0 Å². The summed E-state index contributed by atoms with van der Waals surface area (Å²) in [6.45, 7) is 4.77. The fraction of sp³-hybridized carbons (Fsp3) is 0.925. The van der Waals surface area contributed by atoms with E-state index in [1.807, 2.05) is 21.1 Å². The summed E-state index contributed by atoms with van der Waals surface area (Å²) in [6, 6.07) is -0.798. The van der Waals surface area contributed by atoms with E-state index < -0.39 is 20.0 Å². The molecule has 0 heterocycles. The van der Waals surface area contributed by atoms with E-state index >= 15 is 0 Å². The lowest BCUT2D eigenvalue weighted by Gasteiger charge is -2.30. The van der Waals surface area contributed by atoms with Crippen molar-refractivity contribution < 1.29 is 32.9 Å². The predicted octanol–water partition coefficient (Wildman–Crippen LogP) is 20.5. The largest absolute Gasteiger partial charge is 0.756 e. The lowest BCUT2D eigenvalue weighted by atomic mass is 10.0. The number of likely N-dealkylation sites (N-methyl/N-ethyl adjacent to an activating group) is 1. The molecule has 1 amide bonds. The Labute approximate surface area is 474 Å². The second kappa shape index (κ2) is 58.6. The van der Waals surface area contributed by atoms with Crippen LogP contribution >= 0.6 is 7.82 Å². The number of aliphatic hydroxyl groups is 1. The van der Waals surface area contributed by atoms with Crippen molar-refractivity contribution in [1.29, 1.82) is 0 Å². The second-order valence-electron chi connectivity index (χ2n) is 24.5. The maximum Gasteiger partial charge on any atom is 0.268 e. The molecule has 2 N–H and O–H groups in total. The number of phosphoric acid groups is 1. The zero-order valence-electron chi connectivity index (χ0n) is 51.7. The molecular formula is C67H133N2O6P. The van der Waals surface area contributed by atoms with E-state index in [9.17, 15) is 19.4 Å². The van der Waals surface area contributed by atoms with Crippen LogP contribution in [0.3, 0.4) is 0 Å². The van der Waals surface area contributed by atoms with Crippen LogP contribution in [0.5, 0.6) is 0 Å². The highest BCUT2D eigenvalue weighted by atomic mass is 31.2. The first-order chi connectivity index (χ1) is 37.0. The van der Waals surface area contributed by atoms with Gasteiger partial charge in [0.05, 0.1) is 39.9 Å². The number of rotatable bonds is 63. The summed E-state index contributed by atoms with van der Waals surface area (Å²) in [5, 5.41) is 14.1. The summed E-state index contributed by atoms with van der Waals surface area (Å²) < 4.78 is 23.5. The van der Waals surface area contributed by atoms with E-state index in [4.69, 9.17) is 9.05 Å². The van der Waals surface area contributed by atoms with E-state index in [0.29, 0.717) is 23.9 Å². The van der Waals surface area contributed by atoms with Gasteiger partial charge in [-0.3, -0.25) is 9.36 Å². The molecule has 0 saturated carbocycles. The van der Waals surface area contributed by atoms with Crippen molar-refractivity contribution in [2.45, 2.75) is 360 Å². The minimum Gasteiger partial charge on any atom is -0.756 e. The van der Waals surface area contributed by atoms with Crippen LogP contribution in [0.15, 0.2) is 24.3 Å². The molecule has 0 aromatic carbocycles. The standard InChI is InChI=1S/C67H133N2O6P/c1-6-8-10-12-14-16-18-20-22-24-26-27-28-29-30-31-32-33-34-35-36-37-38-39-40-41-43-45-47-49-51-53-55-57-59-61-67(71)68-65(64-75-76(72,73)74-63-62-69(3,4)5)66(70)60-58-56-54-52-50-48-46-44-42-25-23-21-19-17-15-13-11-9-7-2/h18,20,24,26,65-66,70H,6-17,19,21-23,25,27-64H2,1-5H3,(H-,68,71,72,73)/b20-18-,26-24-. The molecule has 9 heteroatoms. The molecule has 8 nitrogen and oxygen atoms in total. The summed E-state index contributed by atoms with van der Waals surface area (Å²) in [4.78, 5) is 25.6. The predicted molar refractivity (Wildman–Crippen MR) is 330 cm³/mol. The molecule has 0 fully saturated rings. The molecule has 3 atom stereocenters. The summed E-state index contributed by atoms with van der Waals surface area (Å²) in [6.07, 6.45) is 75.3. The van der Waals surface area contributed by atoms with Crippen LogP contribution in [-0.2, 0) is 18.4 Å². The Bertz CT molecular complexity index is 1290. The number of carbonyl (C=O) groups is 1. The molecule has 76 heavy (non-hydrogen) atoms. The van der Waals surface area contributed by atoms with Crippen LogP contribution in [0.2, 0.25) is 0 Å². The number of nitrogens with zero attached hydrogens (tertiary/aromatic N) is 1. The molecule has 0 aliphatic rings. The van der Waals surface area contributed by atoms with Crippen LogP contribution in [0.25, 0.3) is 0 Å². The molecule has 0 bridgehead atoms. The van der Waals surface area contributed by atoms with Crippen molar-refractivity contribution >= 4 is 13.7 Å². The Morgan fingerprint density at radius 2 is 0.763 bits per heavy atom. The van der Waals surface area contributed by atoms with E-state index in [1.54, 1.807) is 0 Å². The average molecular weight is 1090 g/mol. The normalized spacial score (nSPS) is 13.8. The zero-order chi connectivity index (χ0) is 55.6. The van der Waals surface area contributed by atoms with Gasteiger partial charge in [-0.25, -0.2) is 0 Å². The van der Waals surface area contributed by atoms with E-state index in [0.717, 1.165) is 44.9 Å². The molecule has 0 aliphatic carbocycles. The molecule has 0 rings (SSSR count). The number of amides is 1. The molecule has 0 aromatic rings. The topological polar surface area (TPSA) is 108 Å². The number of quaternary nitrogens is 1. The third kappa shape index (κ3) is 60.6. The Balaban J connectivity index is 3.95. The summed E-state index contributed by atoms with van der Waals surface area (Å²) in [5.74, 6) is -0.157. The van der Waals surface area contributed by atoms with E-state index in [2.05, 4.69) is 43.5 Å². The van der Waals surface area contributed by atoms with Gasteiger partial charge in [0, 0.05) is 6.42 Å². The molecular weight excluding hydrogens is 960 g/mol. The Hall–Kier alpha value is -1.02. The van der Waals surface area contributed by atoms with Crippen molar-refractivity contribution in [2.24, 2.45) is 0 Å². The SMILES string of the molecule is CCCCCCC/C=C\C/C=C\CCCCCCCCCCCCCCCCCCCCCCCCCC(=O)NC(COP(=O)([O-])OCC[N+](C)(C)C)C(O)CCCCCCCCCCCCCCCCCCCCC. The summed E-state index contributed by atoms with van der Waals surface area (Å²) in [7, 11) is 1.32. The van der Waals surface area contributed by atoms with Gasteiger partial charge >= 0.3 is 0 Å². The quantitative estimate of drug-likeness (QED) is 0.0272. The Morgan fingerprint density at radius 3 is 1.09 bits per heavy atom. The monoisotopic (exact) mass is 1090 g/mol. The average Bonchev–Trinajstić information content (AvgIpc) is 3.38. The maximum absolute atomic E-state index is 13.0. The van der Waals surface area contributed by atoms with Gasteiger partial charge in [0.2, 0.25) is 5.91 Å².